The van der Waals surface area contributed by atoms with Gasteiger partial charge in [-0.15, -0.1) is 0 Å². The number of methoxy groups -OCH3 is 2. The highest BCUT2D eigenvalue weighted by Crippen LogP contribution is 2.27. The summed E-state index contributed by atoms with van der Waals surface area (Å²) in [4.78, 5) is 23.2. The van der Waals surface area contributed by atoms with Crippen molar-refractivity contribution in [1.29, 1.82) is 0 Å². The molecule has 0 aromatic heterocycles. The molecular weight excluding hydrogens is 262 g/mol. The number of benzene rings is 1. The molecular formula is C14H19NO5. The summed E-state index contributed by atoms with van der Waals surface area (Å²) in [5, 5.41) is 2.63. The number of nitrogens with one attached hydrogen (secondary N) is 1. The van der Waals surface area contributed by atoms with Crippen LogP contribution in [0.25, 0.3) is 0 Å². The normalized spacial score (nSPS) is 10.1. The lowest BCUT2D eigenvalue weighted by Gasteiger charge is -2.10. The molecule has 1 aromatic rings. The second-order valence-electron chi connectivity index (χ2n) is 4.37. The van der Waals surface area contributed by atoms with Crippen molar-refractivity contribution in [3.63, 3.8) is 0 Å². The molecule has 0 bridgehead atoms. The monoisotopic (exact) mass is 281 g/mol. The standard InChI is InChI=1S/C14H19NO5/c1-9(2)15-13(16)8-20-14(17)10-5-6-11(18-3)12(7-10)19-4/h5-7,9H,8H2,1-4H3,(H,15,16). The highest BCUT2D eigenvalue weighted by Gasteiger charge is 2.13. The molecule has 0 saturated heterocycles. The Kier molecular flexibility index (Phi) is 5.83. The van der Waals surface area contributed by atoms with Crippen molar-refractivity contribution in [2.45, 2.75) is 19.9 Å². The first-order valence-electron chi connectivity index (χ1n) is 6.16. The third kappa shape index (κ3) is 4.46. The van der Waals surface area contributed by atoms with Gasteiger partial charge in [-0.3, -0.25) is 4.79 Å². The lowest BCUT2D eigenvalue weighted by Crippen LogP contribution is -2.33. The van der Waals surface area contributed by atoms with Crippen LogP contribution in [0.1, 0.15) is 24.2 Å². The van der Waals surface area contributed by atoms with Crippen LogP contribution in [0.4, 0.5) is 0 Å². The molecule has 0 aliphatic carbocycles. The van der Waals surface area contributed by atoms with Crippen molar-refractivity contribution in [3.05, 3.63) is 23.8 Å². The van der Waals surface area contributed by atoms with Gasteiger partial charge in [0.25, 0.3) is 5.91 Å². The summed E-state index contributed by atoms with van der Waals surface area (Å²) in [5.41, 5.74) is 0.292. The van der Waals surface area contributed by atoms with E-state index in [9.17, 15) is 9.59 Å². The molecule has 110 valence electrons. The SMILES string of the molecule is COc1ccc(C(=O)OCC(=O)NC(C)C)cc1OC. The van der Waals surface area contributed by atoms with E-state index in [2.05, 4.69) is 5.32 Å². The average Bonchev–Trinajstić information content (AvgIpc) is 2.43. The third-order valence-electron chi connectivity index (χ3n) is 2.40. The van der Waals surface area contributed by atoms with Gasteiger partial charge in [0.2, 0.25) is 0 Å². The number of amides is 1. The van der Waals surface area contributed by atoms with Crippen LogP contribution in [-0.4, -0.2) is 38.7 Å². The van der Waals surface area contributed by atoms with Gasteiger partial charge in [0.05, 0.1) is 19.8 Å². The van der Waals surface area contributed by atoms with E-state index in [1.165, 1.54) is 20.3 Å². The number of ether oxygens (including phenoxy) is 3. The quantitative estimate of drug-likeness (QED) is 0.797. The lowest BCUT2D eigenvalue weighted by atomic mass is 10.2. The summed E-state index contributed by atoms with van der Waals surface area (Å²) in [6, 6.07) is 4.65. The maximum Gasteiger partial charge on any atom is 0.338 e. The van der Waals surface area contributed by atoms with Crippen molar-refractivity contribution in [2.75, 3.05) is 20.8 Å². The smallest absolute Gasteiger partial charge is 0.338 e. The van der Waals surface area contributed by atoms with Crippen molar-refractivity contribution < 1.29 is 23.8 Å². The van der Waals surface area contributed by atoms with Crippen LogP contribution in [0.5, 0.6) is 11.5 Å². The Morgan fingerprint density at radius 1 is 1.15 bits per heavy atom. The molecule has 0 aliphatic rings. The summed E-state index contributed by atoms with van der Waals surface area (Å²) in [7, 11) is 2.98. The van der Waals surface area contributed by atoms with Crippen molar-refractivity contribution in [2.24, 2.45) is 0 Å². The molecule has 1 rings (SSSR count). The van der Waals surface area contributed by atoms with Crippen molar-refractivity contribution in [1.82, 2.24) is 5.32 Å². The number of esters is 1. The van der Waals surface area contributed by atoms with E-state index in [1.807, 2.05) is 13.8 Å². The van der Waals surface area contributed by atoms with Crippen LogP contribution in [0.15, 0.2) is 18.2 Å². The zero-order valence-corrected chi connectivity index (χ0v) is 12.1. The van der Waals surface area contributed by atoms with E-state index in [-0.39, 0.29) is 18.6 Å². The van der Waals surface area contributed by atoms with Gasteiger partial charge in [0.1, 0.15) is 0 Å². The molecule has 0 aliphatic heterocycles. The molecule has 20 heavy (non-hydrogen) atoms. The fourth-order valence-electron chi connectivity index (χ4n) is 1.54. The van der Waals surface area contributed by atoms with Gasteiger partial charge in [-0.2, -0.15) is 0 Å². The molecule has 0 spiro atoms. The highest BCUT2D eigenvalue weighted by molar-refractivity contribution is 5.92. The van der Waals surface area contributed by atoms with Crippen molar-refractivity contribution >= 4 is 11.9 Å². The molecule has 0 heterocycles. The van der Waals surface area contributed by atoms with Crippen molar-refractivity contribution in [3.8, 4) is 11.5 Å². The van der Waals surface area contributed by atoms with Crippen LogP contribution in [0.2, 0.25) is 0 Å². The Morgan fingerprint density at radius 2 is 1.80 bits per heavy atom. The van der Waals surface area contributed by atoms with Gasteiger partial charge in [-0.1, -0.05) is 0 Å². The fraction of sp³-hybridized carbons (Fsp3) is 0.429. The van der Waals surface area contributed by atoms with Gasteiger partial charge in [0, 0.05) is 6.04 Å². The fourth-order valence-corrected chi connectivity index (χ4v) is 1.54. The lowest BCUT2D eigenvalue weighted by molar-refractivity contribution is -0.124. The first-order chi connectivity index (χ1) is 9.47. The Bertz CT molecular complexity index is 484. The molecule has 0 atom stereocenters. The Morgan fingerprint density at radius 3 is 2.35 bits per heavy atom. The topological polar surface area (TPSA) is 73.9 Å². The first-order valence-corrected chi connectivity index (χ1v) is 6.16. The van der Waals surface area contributed by atoms with Gasteiger partial charge in [-0.05, 0) is 32.0 Å². The number of carbonyl (C=O) groups excluding carboxylic acids is 2. The zero-order valence-electron chi connectivity index (χ0n) is 12.1. The minimum Gasteiger partial charge on any atom is -0.493 e. The van der Waals surface area contributed by atoms with E-state index < -0.39 is 5.97 Å². The van der Waals surface area contributed by atoms with E-state index in [4.69, 9.17) is 14.2 Å². The maximum absolute atomic E-state index is 11.8. The van der Waals surface area contributed by atoms with Crippen LogP contribution < -0.4 is 14.8 Å². The Hall–Kier alpha value is -2.24. The molecule has 1 aromatic carbocycles. The minimum absolute atomic E-state index is 0.00211. The number of rotatable bonds is 6. The second kappa shape index (κ2) is 7.37. The number of hydrogen-bond acceptors (Lipinski definition) is 5. The second-order valence-corrected chi connectivity index (χ2v) is 4.37. The highest BCUT2D eigenvalue weighted by atomic mass is 16.5. The largest absolute Gasteiger partial charge is 0.493 e. The first kappa shape index (κ1) is 15.8. The van der Waals surface area contributed by atoms with E-state index in [1.54, 1.807) is 12.1 Å². The minimum atomic E-state index is -0.593. The Labute approximate surface area is 118 Å². The summed E-state index contributed by atoms with van der Waals surface area (Å²) >= 11 is 0. The molecule has 6 heteroatoms. The predicted octanol–water partition coefficient (Wildman–Crippen LogP) is 1.39. The molecule has 0 saturated carbocycles. The van der Waals surface area contributed by atoms with E-state index >= 15 is 0 Å². The van der Waals surface area contributed by atoms with Crippen LogP contribution in [0, 0.1) is 0 Å². The average molecular weight is 281 g/mol. The van der Waals surface area contributed by atoms with Gasteiger partial charge < -0.3 is 19.5 Å². The summed E-state index contributed by atoms with van der Waals surface area (Å²) < 4.78 is 15.1. The molecule has 0 fully saturated rings. The maximum atomic E-state index is 11.8. The molecule has 1 N–H and O–H groups in total. The van der Waals surface area contributed by atoms with Crippen LogP contribution in [-0.2, 0) is 9.53 Å². The molecule has 0 radical (unpaired) electrons. The third-order valence-corrected chi connectivity index (χ3v) is 2.40. The summed E-state index contributed by atoms with van der Waals surface area (Å²) in [6.07, 6.45) is 0. The Balaban J connectivity index is 2.66. The molecule has 0 unspecified atom stereocenters. The van der Waals surface area contributed by atoms with Gasteiger partial charge >= 0.3 is 5.97 Å². The molecule has 1 amide bonds. The summed E-state index contributed by atoms with van der Waals surface area (Å²) in [5.74, 6) is 0.00821. The zero-order chi connectivity index (χ0) is 15.1. The van der Waals surface area contributed by atoms with Crippen LogP contribution in [0.3, 0.4) is 0 Å². The van der Waals surface area contributed by atoms with Gasteiger partial charge in [-0.25, -0.2) is 4.79 Å². The van der Waals surface area contributed by atoms with Crippen LogP contribution >= 0.6 is 0 Å². The predicted molar refractivity (Wildman–Crippen MR) is 73.1 cm³/mol. The summed E-state index contributed by atoms with van der Waals surface area (Å²) in [6.45, 7) is 3.34. The van der Waals surface area contributed by atoms with E-state index in [0.717, 1.165) is 0 Å². The van der Waals surface area contributed by atoms with Gasteiger partial charge in [0.15, 0.2) is 18.1 Å². The number of hydrogen-bond donors (Lipinski definition) is 1. The molecule has 6 nitrogen and oxygen atoms in total. The number of carbonyl (C=O) groups is 2. The van der Waals surface area contributed by atoms with E-state index in [0.29, 0.717) is 17.1 Å².